The van der Waals surface area contributed by atoms with Crippen LogP contribution >= 0.6 is 0 Å². The largest absolute Gasteiger partial charge is 0.504 e. The topological polar surface area (TPSA) is 100 Å². The van der Waals surface area contributed by atoms with Crippen LogP contribution in [0.3, 0.4) is 0 Å². The van der Waals surface area contributed by atoms with E-state index in [1.807, 2.05) is 5.43 Å². The van der Waals surface area contributed by atoms with Gasteiger partial charge in [0.2, 0.25) is 0 Å². The quantitative estimate of drug-likeness (QED) is 0.450. The standard InChI is InChI=1S/C16H14FN3O4/c1-24-13-4-2-3-10(14(13)21)9-18-20-16(23)15(22)19-12-7-5-11(17)6-8-12/h2-9,21H,1H3,(H,19,22)(H,20,23)/b18-9-. The maximum absolute atomic E-state index is 12.8. The highest BCUT2D eigenvalue weighted by Crippen LogP contribution is 2.27. The van der Waals surface area contributed by atoms with Crippen LogP contribution in [-0.2, 0) is 9.59 Å². The lowest BCUT2D eigenvalue weighted by molar-refractivity contribution is -0.136. The lowest BCUT2D eigenvalue weighted by Gasteiger charge is -2.05. The summed E-state index contributed by atoms with van der Waals surface area (Å²) in [7, 11) is 1.40. The van der Waals surface area contributed by atoms with E-state index in [-0.39, 0.29) is 17.2 Å². The van der Waals surface area contributed by atoms with Crippen LogP contribution in [0, 0.1) is 5.82 Å². The predicted octanol–water partition coefficient (Wildman–Crippen LogP) is 1.63. The summed E-state index contributed by atoms with van der Waals surface area (Å²) in [4.78, 5) is 23.3. The van der Waals surface area contributed by atoms with Crippen molar-refractivity contribution in [3.8, 4) is 11.5 Å². The third-order valence-corrected chi connectivity index (χ3v) is 2.93. The molecule has 0 aromatic heterocycles. The normalized spacial score (nSPS) is 10.4. The van der Waals surface area contributed by atoms with Gasteiger partial charge in [0.05, 0.1) is 13.3 Å². The monoisotopic (exact) mass is 331 g/mol. The van der Waals surface area contributed by atoms with E-state index in [1.165, 1.54) is 25.5 Å². The molecule has 3 N–H and O–H groups in total. The highest BCUT2D eigenvalue weighted by molar-refractivity contribution is 6.39. The van der Waals surface area contributed by atoms with Gasteiger partial charge in [0.1, 0.15) is 5.82 Å². The van der Waals surface area contributed by atoms with Gasteiger partial charge in [-0.15, -0.1) is 0 Å². The molecule has 0 fully saturated rings. The number of rotatable bonds is 4. The van der Waals surface area contributed by atoms with E-state index in [1.54, 1.807) is 18.2 Å². The van der Waals surface area contributed by atoms with Crippen LogP contribution in [-0.4, -0.2) is 30.2 Å². The maximum Gasteiger partial charge on any atom is 0.329 e. The molecule has 0 unspecified atom stereocenters. The van der Waals surface area contributed by atoms with Crippen molar-refractivity contribution in [3.63, 3.8) is 0 Å². The van der Waals surface area contributed by atoms with Gasteiger partial charge < -0.3 is 15.2 Å². The lowest BCUT2D eigenvalue weighted by atomic mass is 10.2. The summed E-state index contributed by atoms with van der Waals surface area (Å²) in [6, 6.07) is 9.67. The van der Waals surface area contributed by atoms with E-state index in [0.717, 1.165) is 12.1 Å². The van der Waals surface area contributed by atoms with E-state index >= 15 is 0 Å². The molecule has 7 nitrogen and oxygen atoms in total. The van der Waals surface area contributed by atoms with Crippen LogP contribution in [0.2, 0.25) is 0 Å². The minimum absolute atomic E-state index is 0.145. The Morgan fingerprint density at radius 3 is 2.54 bits per heavy atom. The molecule has 2 amide bonds. The first-order valence-electron chi connectivity index (χ1n) is 6.77. The zero-order chi connectivity index (χ0) is 17.5. The summed E-state index contributed by atoms with van der Waals surface area (Å²) in [6.07, 6.45) is 1.17. The number of phenolic OH excluding ortho intramolecular Hbond substituents is 1. The molecular formula is C16H14FN3O4. The number of carbonyl (C=O) groups excluding carboxylic acids is 2. The number of phenols is 1. The van der Waals surface area contributed by atoms with Crippen LogP contribution in [0.25, 0.3) is 0 Å². The van der Waals surface area contributed by atoms with Crippen LogP contribution < -0.4 is 15.5 Å². The molecule has 2 rings (SSSR count). The minimum atomic E-state index is -1.02. The molecule has 0 aliphatic rings. The minimum Gasteiger partial charge on any atom is -0.504 e. The number of ether oxygens (including phenoxy) is 1. The van der Waals surface area contributed by atoms with E-state index in [2.05, 4.69) is 10.4 Å². The molecule has 24 heavy (non-hydrogen) atoms. The van der Waals surface area contributed by atoms with Gasteiger partial charge in [-0.25, -0.2) is 9.82 Å². The van der Waals surface area contributed by atoms with Crippen molar-refractivity contribution in [2.75, 3.05) is 12.4 Å². The molecule has 0 bridgehead atoms. The van der Waals surface area contributed by atoms with Gasteiger partial charge >= 0.3 is 11.8 Å². The smallest absolute Gasteiger partial charge is 0.329 e. The van der Waals surface area contributed by atoms with E-state index in [4.69, 9.17) is 4.74 Å². The number of nitrogens with one attached hydrogen (secondary N) is 2. The summed E-state index contributed by atoms with van der Waals surface area (Å²) in [5, 5.41) is 15.7. The Hall–Kier alpha value is -3.42. The van der Waals surface area contributed by atoms with Crippen LogP contribution in [0.15, 0.2) is 47.6 Å². The zero-order valence-corrected chi connectivity index (χ0v) is 12.6. The first kappa shape index (κ1) is 16.9. The van der Waals surface area contributed by atoms with Gasteiger partial charge in [0.25, 0.3) is 0 Å². The van der Waals surface area contributed by atoms with Crippen molar-refractivity contribution in [2.45, 2.75) is 0 Å². The van der Waals surface area contributed by atoms with Crippen molar-refractivity contribution in [1.82, 2.24) is 5.43 Å². The maximum atomic E-state index is 12.8. The molecule has 0 radical (unpaired) electrons. The number of para-hydroxylation sites is 1. The number of hydrogen-bond acceptors (Lipinski definition) is 5. The number of halogens is 1. The van der Waals surface area contributed by atoms with Gasteiger partial charge in [-0.1, -0.05) is 6.07 Å². The molecule has 0 saturated heterocycles. The second kappa shape index (κ2) is 7.73. The third kappa shape index (κ3) is 4.29. The molecular weight excluding hydrogens is 317 g/mol. The van der Waals surface area contributed by atoms with Crippen molar-refractivity contribution in [2.24, 2.45) is 5.10 Å². The van der Waals surface area contributed by atoms with E-state index < -0.39 is 17.6 Å². The molecule has 2 aromatic rings. The second-order valence-corrected chi connectivity index (χ2v) is 4.56. The first-order chi connectivity index (χ1) is 11.5. The van der Waals surface area contributed by atoms with Crippen LogP contribution in [0.5, 0.6) is 11.5 Å². The van der Waals surface area contributed by atoms with Crippen molar-refractivity contribution >= 4 is 23.7 Å². The Labute approximate surface area is 136 Å². The van der Waals surface area contributed by atoms with E-state index in [0.29, 0.717) is 5.56 Å². The fourth-order valence-electron chi connectivity index (χ4n) is 1.74. The molecule has 8 heteroatoms. The SMILES string of the molecule is COc1cccc(/C=N\NC(=O)C(=O)Nc2ccc(F)cc2)c1O. The molecule has 0 spiro atoms. The van der Waals surface area contributed by atoms with Crippen molar-refractivity contribution in [1.29, 1.82) is 0 Å². The number of methoxy groups -OCH3 is 1. The Balaban J connectivity index is 1.95. The molecule has 0 aliphatic heterocycles. The van der Waals surface area contributed by atoms with Gasteiger partial charge in [-0.05, 0) is 36.4 Å². The summed E-state index contributed by atoms with van der Waals surface area (Å²) in [5.41, 5.74) is 2.59. The fourth-order valence-corrected chi connectivity index (χ4v) is 1.74. The fraction of sp³-hybridized carbons (Fsp3) is 0.0625. The number of aromatic hydroxyl groups is 1. The Morgan fingerprint density at radius 1 is 1.17 bits per heavy atom. The summed E-state index contributed by atoms with van der Waals surface area (Å²) in [6.45, 7) is 0. The number of amides is 2. The molecule has 124 valence electrons. The molecule has 0 saturated carbocycles. The highest BCUT2D eigenvalue weighted by atomic mass is 19.1. The second-order valence-electron chi connectivity index (χ2n) is 4.56. The Bertz CT molecular complexity index is 775. The Morgan fingerprint density at radius 2 is 1.88 bits per heavy atom. The number of hydrazone groups is 1. The van der Waals surface area contributed by atoms with Gasteiger partial charge in [-0.2, -0.15) is 5.10 Å². The average molecular weight is 331 g/mol. The van der Waals surface area contributed by atoms with Gasteiger partial charge in [-0.3, -0.25) is 9.59 Å². The highest BCUT2D eigenvalue weighted by Gasteiger charge is 2.13. The third-order valence-electron chi connectivity index (χ3n) is 2.93. The number of anilines is 1. The summed E-state index contributed by atoms with van der Waals surface area (Å²) in [5.74, 6) is -2.33. The van der Waals surface area contributed by atoms with Crippen LogP contribution in [0.4, 0.5) is 10.1 Å². The van der Waals surface area contributed by atoms with Crippen molar-refractivity contribution in [3.05, 3.63) is 53.8 Å². The molecule has 2 aromatic carbocycles. The molecule has 0 atom stereocenters. The van der Waals surface area contributed by atoms with Gasteiger partial charge in [0.15, 0.2) is 11.5 Å². The predicted molar refractivity (Wildman–Crippen MR) is 85.4 cm³/mol. The van der Waals surface area contributed by atoms with Crippen molar-refractivity contribution < 1.29 is 23.8 Å². The molecule has 0 heterocycles. The number of nitrogens with zero attached hydrogens (tertiary/aromatic N) is 1. The van der Waals surface area contributed by atoms with Gasteiger partial charge in [0, 0.05) is 11.3 Å². The molecule has 0 aliphatic carbocycles. The van der Waals surface area contributed by atoms with E-state index in [9.17, 15) is 19.1 Å². The Kier molecular flexibility index (Phi) is 5.45. The summed E-state index contributed by atoms with van der Waals surface area (Å²) >= 11 is 0. The zero-order valence-electron chi connectivity index (χ0n) is 12.6. The van der Waals surface area contributed by atoms with Crippen LogP contribution in [0.1, 0.15) is 5.56 Å². The number of benzene rings is 2. The summed E-state index contributed by atoms with van der Waals surface area (Å²) < 4.78 is 17.7. The first-order valence-corrected chi connectivity index (χ1v) is 6.77. The number of hydrogen-bond donors (Lipinski definition) is 3. The average Bonchev–Trinajstić information content (AvgIpc) is 2.58. The lowest BCUT2D eigenvalue weighted by Crippen LogP contribution is -2.32. The number of carbonyl (C=O) groups is 2.